The van der Waals surface area contributed by atoms with Gasteiger partial charge in [0.25, 0.3) is 0 Å². The van der Waals surface area contributed by atoms with Crippen LogP contribution in [0.5, 0.6) is 0 Å². The molecule has 3 aromatic heterocycles. The Balaban J connectivity index is 1.58. The highest BCUT2D eigenvalue weighted by atomic mass is 32.2. The van der Waals surface area contributed by atoms with E-state index in [0.717, 1.165) is 22.1 Å². The lowest BCUT2D eigenvalue weighted by molar-refractivity contribution is 0.177. The Morgan fingerprint density at radius 2 is 2.19 bits per heavy atom. The molecule has 1 saturated heterocycles. The van der Waals surface area contributed by atoms with Crippen molar-refractivity contribution in [3.05, 3.63) is 53.1 Å². The maximum absolute atomic E-state index is 11.9. The molecule has 8 heteroatoms. The van der Waals surface area contributed by atoms with Crippen LogP contribution in [0, 0.1) is 6.92 Å². The molecular weight excluding hydrogens is 372 g/mol. The van der Waals surface area contributed by atoms with Gasteiger partial charge in [-0.3, -0.25) is 4.90 Å². The van der Waals surface area contributed by atoms with Crippen molar-refractivity contribution in [2.45, 2.75) is 32.5 Å². The van der Waals surface area contributed by atoms with Gasteiger partial charge in [-0.05, 0) is 36.9 Å². The Morgan fingerprint density at radius 3 is 2.85 bits per heavy atom. The molecule has 4 heterocycles. The predicted octanol–water partition coefficient (Wildman–Crippen LogP) is 3.49. The van der Waals surface area contributed by atoms with Crippen molar-refractivity contribution < 1.29 is 17.3 Å². The second kappa shape index (κ2) is 7.02. The average Bonchev–Trinajstić information content (AvgIpc) is 3.35. The molecule has 1 unspecified atom stereocenters. The van der Waals surface area contributed by atoms with Crippen molar-refractivity contribution >= 4 is 21.2 Å². The molecule has 0 saturated carbocycles. The lowest BCUT2D eigenvalue weighted by Gasteiger charge is -2.26. The second-order valence-electron chi connectivity index (χ2n) is 6.54. The molecule has 1 aliphatic rings. The number of thiophene rings is 1. The van der Waals surface area contributed by atoms with Crippen LogP contribution in [0.2, 0.25) is 0 Å². The maximum Gasteiger partial charge on any atom is 0.236 e. The largest absolute Gasteiger partial charge is 0.468 e. The van der Waals surface area contributed by atoms with E-state index in [9.17, 15) is 8.42 Å². The van der Waals surface area contributed by atoms with E-state index in [2.05, 4.69) is 9.88 Å². The molecule has 0 radical (unpaired) electrons. The smallest absolute Gasteiger partial charge is 0.236 e. The summed E-state index contributed by atoms with van der Waals surface area (Å²) in [6.07, 6.45) is 2.27. The minimum Gasteiger partial charge on any atom is -0.468 e. The predicted molar refractivity (Wildman–Crippen MR) is 99.6 cm³/mol. The van der Waals surface area contributed by atoms with Crippen LogP contribution in [0.4, 0.5) is 0 Å². The summed E-state index contributed by atoms with van der Waals surface area (Å²) in [5.74, 6) is 2.62. The van der Waals surface area contributed by atoms with Gasteiger partial charge >= 0.3 is 0 Å². The fraction of sp³-hybridized carbons (Fsp3) is 0.389. The van der Waals surface area contributed by atoms with Crippen molar-refractivity contribution in [3.63, 3.8) is 0 Å². The Bertz CT molecular complexity index is 959. The number of oxazole rings is 1. The number of sulfone groups is 1. The van der Waals surface area contributed by atoms with Crippen molar-refractivity contribution in [2.75, 3.05) is 11.5 Å². The number of nitrogens with zero attached hydrogens (tertiary/aromatic N) is 2. The summed E-state index contributed by atoms with van der Waals surface area (Å²) in [4.78, 5) is 7.77. The van der Waals surface area contributed by atoms with Crippen LogP contribution in [-0.4, -0.2) is 35.8 Å². The van der Waals surface area contributed by atoms with Crippen LogP contribution in [0.25, 0.3) is 10.8 Å². The molecule has 1 atom stereocenters. The molecule has 0 aliphatic carbocycles. The lowest BCUT2D eigenvalue weighted by atomic mass is 10.2. The summed E-state index contributed by atoms with van der Waals surface area (Å²) >= 11 is 1.58. The van der Waals surface area contributed by atoms with Crippen molar-refractivity contribution in [1.82, 2.24) is 9.88 Å². The number of rotatable bonds is 6. The topological polar surface area (TPSA) is 76.6 Å². The molecule has 1 aliphatic heterocycles. The molecule has 0 spiro atoms. The van der Waals surface area contributed by atoms with Crippen molar-refractivity contribution in [2.24, 2.45) is 0 Å². The van der Waals surface area contributed by atoms with Gasteiger partial charge in [0.15, 0.2) is 9.84 Å². The monoisotopic (exact) mass is 392 g/mol. The summed E-state index contributed by atoms with van der Waals surface area (Å²) in [5, 5.41) is 1.99. The van der Waals surface area contributed by atoms with Gasteiger partial charge in [0, 0.05) is 12.6 Å². The number of hydrogen-bond acceptors (Lipinski definition) is 7. The zero-order chi connectivity index (χ0) is 18.1. The first-order valence-corrected chi connectivity index (χ1v) is 11.2. The highest BCUT2D eigenvalue weighted by molar-refractivity contribution is 7.91. The molecule has 1 fully saturated rings. The molecule has 0 aromatic carbocycles. The second-order valence-corrected chi connectivity index (χ2v) is 9.72. The SMILES string of the molecule is Cc1oc(-c2cccs2)nc1CN(Cc1ccco1)C1CCS(=O)(=O)C1. The van der Waals surface area contributed by atoms with E-state index in [-0.39, 0.29) is 17.5 Å². The van der Waals surface area contributed by atoms with Gasteiger partial charge < -0.3 is 8.83 Å². The van der Waals surface area contributed by atoms with Crippen LogP contribution in [0.15, 0.2) is 44.7 Å². The van der Waals surface area contributed by atoms with Gasteiger partial charge in [-0.25, -0.2) is 13.4 Å². The highest BCUT2D eigenvalue weighted by Crippen LogP contribution is 2.28. The van der Waals surface area contributed by atoms with Gasteiger partial charge in [-0.1, -0.05) is 6.07 Å². The van der Waals surface area contributed by atoms with Gasteiger partial charge in [0.1, 0.15) is 11.5 Å². The molecular formula is C18H20N2O4S2. The van der Waals surface area contributed by atoms with Crippen molar-refractivity contribution in [3.8, 4) is 10.8 Å². The maximum atomic E-state index is 11.9. The van der Waals surface area contributed by atoms with Gasteiger partial charge in [-0.15, -0.1) is 11.3 Å². The van der Waals surface area contributed by atoms with Crippen LogP contribution < -0.4 is 0 Å². The third-order valence-corrected chi connectivity index (χ3v) is 7.25. The molecule has 0 N–H and O–H groups in total. The summed E-state index contributed by atoms with van der Waals surface area (Å²) in [7, 11) is -2.97. The first-order valence-electron chi connectivity index (χ1n) is 8.47. The minimum absolute atomic E-state index is 0.0358. The van der Waals surface area contributed by atoms with E-state index in [1.165, 1.54) is 0 Å². The van der Waals surface area contributed by atoms with E-state index >= 15 is 0 Å². The normalized spacial score (nSPS) is 19.4. The van der Waals surface area contributed by atoms with Gasteiger partial charge in [0.05, 0.1) is 34.9 Å². The highest BCUT2D eigenvalue weighted by Gasteiger charge is 2.33. The fourth-order valence-electron chi connectivity index (χ4n) is 3.25. The van der Waals surface area contributed by atoms with E-state index in [1.807, 2.05) is 36.6 Å². The molecule has 6 nitrogen and oxygen atoms in total. The minimum atomic E-state index is -2.97. The van der Waals surface area contributed by atoms with Gasteiger partial charge in [0.2, 0.25) is 5.89 Å². The summed E-state index contributed by atoms with van der Waals surface area (Å²) in [5.41, 5.74) is 0.837. The Labute approximate surface area is 156 Å². The van der Waals surface area contributed by atoms with E-state index in [1.54, 1.807) is 17.6 Å². The number of furan rings is 1. The van der Waals surface area contributed by atoms with E-state index in [4.69, 9.17) is 8.83 Å². The Kier molecular flexibility index (Phi) is 4.73. The third-order valence-electron chi connectivity index (χ3n) is 4.64. The lowest BCUT2D eigenvalue weighted by Crippen LogP contribution is -2.35. The van der Waals surface area contributed by atoms with Crippen LogP contribution >= 0.6 is 11.3 Å². The zero-order valence-corrected chi connectivity index (χ0v) is 16.1. The number of aryl methyl sites for hydroxylation is 1. The average molecular weight is 393 g/mol. The van der Waals surface area contributed by atoms with Crippen molar-refractivity contribution in [1.29, 1.82) is 0 Å². The molecule has 0 bridgehead atoms. The Hall–Kier alpha value is -1.90. The zero-order valence-electron chi connectivity index (χ0n) is 14.4. The van der Waals surface area contributed by atoms with Gasteiger partial charge in [-0.2, -0.15) is 0 Å². The van der Waals surface area contributed by atoms with E-state index < -0.39 is 9.84 Å². The number of aromatic nitrogens is 1. The number of hydrogen-bond donors (Lipinski definition) is 0. The molecule has 3 aromatic rings. The molecule has 4 rings (SSSR count). The van der Waals surface area contributed by atoms with E-state index in [0.29, 0.717) is 25.4 Å². The van der Waals surface area contributed by atoms with Crippen LogP contribution in [0.1, 0.15) is 23.6 Å². The summed E-state index contributed by atoms with van der Waals surface area (Å²) in [6, 6.07) is 7.65. The fourth-order valence-corrected chi connectivity index (χ4v) is 5.66. The first-order chi connectivity index (χ1) is 12.5. The first kappa shape index (κ1) is 17.5. The molecule has 0 amide bonds. The third kappa shape index (κ3) is 3.77. The van der Waals surface area contributed by atoms with Crippen LogP contribution in [-0.2, 0) is 22.9 Å². The van der Waals surface area contributed by atoms with Crippen LogP contribution in [0.3, 0.4) is 0 Å². The summed E-state index contributed by atoms with van der Waals surface area (Å²) < 4.78 is 35.2. The standard InChI is InChI=1S/C18H20N2O4S2/c1-13-16(19-18(24-13)17-5-3-8-25-17)11-20(10-15-4-2-7-23-15)14-6-9-26(21,22)12-14/h2-5,7-8,14H,6,9-12H2,1H3. The quantitative estimate of drug-likeness (QED) is 0.639. The molecule has 26 heavy (non-hydrogen) atoms. The molecule has 138 valence electrons. The Morgan fingerprint density at radius 1 is 1.31 bits per heavy atom. The summed E-state index contributed by atoms with van der Waals surface area (Å²) in [6.45, 7) is 2.98.